The zero-order valence-electron chi connectivity index (χ0n) is 22.8. The van der Waals surface area contributed by atoms with Crippen molar-refractivity contribution in [1.29, 1.82) is 0 Å². The molecular weight excluding hydrogens is 590 g/mol. The number of ether oxygens (including phenoxy) is 2. The van der Waals surface area contributed by atoms with E-state index in [9.17, 15) is 4.79 Å². The minimum atomic E-state index is -0.330. The summed E-state index contributed by atoms with van der Waals surface area (Å²) in [6.45, 7) is 0.380. The van der Waals surface area contributed by atoms with Crippen molar-refractivity contribution >= 4 is 49.7 Å². The average molecular weight is 617 g/mol. The van der Waals surface area contributed by atoms with Crippen LogP contribution < -0.4 is 14.9 Å². The first-order valence-corrected chi connectivity index (χ1v) is 14.2. The molecule has 0 aliphatic carbocycles. The Bertz CT molecular complexity index is 1930. The van der Waals surface area contributed by atoms with Gasteiger partial charge in [-0.1, -0.05) is 91.0 Å². The summed E-state index contributed by atoms with van der Waals surface area (Å²) in [4.78, 5) is 18.0. The van der Waals surface area contributed by atoms with E-state index in [1.807, 2.05) is 84.9 Å². The van der Waals surface area contributed by atoms with Crippen molar-refractivity contribution < 1.29 is 14.3 Å². The number of nitrogens with one attached hydrogen (secondary N) is 1. The number of halogens is 1. The molecule has 6 nitrogen and oxygen atoms in total. The van der Waals surface area contributed by atoms with Crippen LogP contribution >= 0.6 is 15.9 Å². The average Bonchev–Trinajstić information content (AvgIpc) is 3.03. The Morgan fingerprint density at radius 1 is 0.881 bits per heavy atom. The second-order valence-corrected chi connectivity index (χ2v) is 10.5. The molecule has 0 saturated heterocycles. The number of methoxy groups -OCH3 is 1. The number of benzene rings is 5. The number of carbonyl (C=O) groups excluding carboxylic acids is 1. The number of aromatic nitrogens is 1. The van der Waals surface area contributed by atoms with E-state index >= 15 is 0 Å². The summed E-state index contributed by atoms with van der Waals surface area (Å²) in [6.07, 6.45) is 1.57. The maximum atomic E-state index is 13.3. The number of hydrogen-bond donors (Lipinski definition) is 1. The molecule has 206 valence electrons. The van der Waals surface area contributed by atoms with Crippen molar-refractivity contribution in [3.05, 3.63) is 136 Å². The van der Waals surface area contributed by atoms with Crippen LogP contribution in [0.25, 0.3) is 32.9 Å². The Balaban J connectivity index is 1.21. The smallest absolute Gasteiger partial charge is 0.272 e. The Kier molecular flexibility index (Phi) is 7.92. The molecule has 6 rings (SSSR count). The molecule has 1 amide bonds. The fraction of sp³-hybridized carbons (Fsp3) is 0.0571. The third kappa shape index (κ3) is 5.73. The van der Waals surface area contributed by atoms with Gasteiger partial charge in [0, 0.05) is 10.9 Å². The lowest BCUT2D eigenvalue weighted by molar-refractivity contribution is 0.0956. The molecule has 6 aromatic rings. The Hall–Kier alpha value is -5.01. The van der Waals surface area contributed by atoms with Gasteiger partial charge in [0.25, 0.3) is 5.91 Å². The quantitative estimate of drug-likeness (QED) is 0.138. The van der Waals surface area contributed by atoms with E-state index in [4.69, 9.17) is 14.5 Å². The minimum Gasteiger partial charge on any atom is -0.493 e. The molecule has 7 heteroatoms. The molecule has 0 atom stereocenters. The molecule has 5 aromatic carbocycles. The third-order valence-corrected chi connectivity index (χ3v) is 7.50. The number of amides is 1. The summed E-state index contributed by atoms with van der Waals surface area (Å²) < 4.78 is 12.5. The largest absolute Gasteiger partial charge is 0.493 e. The molecular formula is C35H26BrN3O3. The number of hydrogen-bond acceptors (Lipinski definition) is 5. The van der Waals surface area contributed by atoms with Crippen LogP contribution in [0, 0.1) is 0 Å². The van der Waals surface area contributed by atoms with Gasteiger partial charge in [-0.15, -0.1) is 0 Å². The highest BCUT2D eigenvalue weighted by Gasteiger charge is 2.15. The number of para-hydroxylation sites is 1. The molecule has 0 unspecified atom stereocenters. The van der Waals surface area contributed by atoms with E-state index in [0.717, 1.165) is 44.1 Å². The fourth-order valence-corrected chi connectivity index (χ4v) is 5.44. The van der Waals surface area contributed by atoms with Crippen molar-refractivity contribution in [1.82, 2.24) is 10.4 Å². The van der Waals surface area contributed by atoms with Crippen LogP contribution in [0.5, 0.6) is 11.5 Å². The van der Waals surface area contributed by atoms with Gasteiger partial charge in [-0.3, -0.25) is 4.79 Å². The molecule has 0 fully saturated rings. The van der Waals surface area contributed by atoms with Gasteiger partial charge in [0.2, 0.25) is 0 Å². The first-order valence-electron chi connectivity index (χ1n) is 13.4. The minimum absolute atomic E-state index is 0.330. The number of pyridine rings is 1. The molecule has 1 aromatic heterocycles. The van der Waals surface area contributed by atoms with Crippen molar-refractivity contribution in [2.24, 2.45) is 5.10 Å². The molecule has 0 saturated carbocycles. The highest BCUT2D eigenvalue weighted by molar-refractivity contribution is 9.10. The Morgan fingerprint density at radius 2 is 1.62 bits per heavy atom. The maximum absolute atomic E-state index is 13.3. The maximum Gasteiger partial charge on any atom is 0.272 e. The van der Waals surface area contributed by atoms with Gasteiger partial charge in [-0.2, -0.15) is 5.10 Å². The molecule has 42 heavy (non-hydrogen) atoms. The number of rotatable bonds is 8. The number of hydrazone groups is 1. The van der Waals surface area contributed by atoms with Gasteiger partial charge < -0.3 is 9.47 Å². The monoisotopic (exact) mass is 615 g/mol. The van der Waals surface area contributed by atoms with E-state index in [1.54, 1.807) is 19.4 Å². The predicted octanol–water partition coefficient (Wildman–Crippen LogP) is 8.17. The van der Waals surface area contributed by atoms with Crippen molar-refractivity contribution in [2.75, 3.05) is 7.11 Å². The van der Waals surface area contributed by atoms with Gasteiger partial charge >= 0.3 is 0 Å². The van der Waals surface area contributed by atoms with E-state index in [2.05, 4.69) is 50.7 Å². The second kappa shape index (κ2) is 12.2. The number of fused-ring (bicyclic) bond motifs is 2. The Morgan fingerprint density at radius 3 is 2.45 bits per heavy atom. The van der Waals surface area contributed by atoms with E-state index in [1.165, 1.54) is 0 Å². The van der Waals surface area contributed by atoms with Gasteiger partial charge in [0.15, 0.2) is 11.5 Å². The summed E-state index contributed by atoms with van der Waals surface area (Å²) in [5.74, 6) is 0.802. The first kappa shape index (κ1) is 27.2. The van der Waals surface area contributed by atoms with Crippen LogP contribution in [0.15, 0.2) is 125 Å². The lowest BCUT2D eigenvalue weighted by Crippen LogP contribution is -2.18. The Labute approximate surface area is 251 Å². The van der Waals surface area contributed by atoms with Gasteiger partial charge in [-0.25, -0.2) is 10.4 Å². The summed E-state index contributed by atoms with van der Waals surface area (Å²) in [6, 6.07) is 37.2. The number of nitrogens with zero attached hydrogens (tertiary/aromatic N) is 2. The zero-order valence-corrected chi connectivity index (χ0v) is 24.3. The zero-order chi connectivity index (χ0) is 28.9. The van der Waals surface area contributed by atoms with E-state index < -0.39 is 0 Å². The highest BCUT2D eigenvalue weighted by Crippen LogP contribution is 2.37. The van der Waals surface area contributed by atoms with Gasteiger partial charge in [0.1, 0.15) is 6.61 Å². The van der Waals surface area contributed by atoms with E-state index in [0.29, 0.717) is 28.1 Å². The number of carbonyl (C=O) groups is 1. The summed E-state index contributed by atoms with van der Waals surface area (Å²) in [5, 5.41) is 7.30. The SMILES string of the molecule is COc1cc(/C=N\NC(=O)c2cc(-c3ccccc3)nc3ccccc23)cc(Br)c1OCc1cccc2ccccc12. The molecule has 0 aliphatic rings. The molecule has 1 N–H and O–H groups in total. The fourth-order valence-electron chi connectivity index (χ4n) is 4.87. The van der Waals surface area contributed by atoms with Crippen LogP contribution in [0.2, 0.25) is 0 Å². The molecule has 0 spiro atoms. The molecule has 0 bridgehead atoms. The van der Waals surface area contributed by atoms with Gasteiger partial charge in [-0.05, 0) is 62.1 Å². The van der Waals surface area contributed by atoms with Crippen LogP contribution in [-0.4, -0.2) is 24.2 Å². The summed E-state index contributed by atoms with van der Waals surface area (Å²) >= 11 is 3.62. The topological polar surface area (TPSA) is 72.8 Å². The van der Waals surface area contributed by atoms with Crippen LogP contribution in [0.3, 0.4) is 0 Å². The van der Waals surface area contributed by atoms with Gasteiger partial charge in [0.05, 0.1) is 34.6 Å². The first-order chi connectivity index (χ1) is 20.6. The lowest BCUT2D eigenvalue weighted by Gasteiger charge is -2.14. The van der Waals surface area contributed by atoms with Crippen LogP contribution in [-0.2, 0) is 6.61 Å². The van der Waals surface area contributed by atoms with Crippen molar-refractivity contribution in [3.63, 3.8) is 0 Å². The molecule has 0 radical (unpaired) electrons. The highest BCUT2D eigenvalue weighted by atomic mass is 79.9. The van der Waals surface area contributed by atoms with Crippen LogP contribution in [0.4, 0.5) is 0 Å². The third-order valence-electron chi connectivity index (χ3n) is 6.91. The second-order valence-electron chi connectivity index (χ2n) is 9.60. The van der Waals surface area contributed by atoms with Crippen LogP contribution in [0.1, 0.15) is 21.5 Å². The predicted molar refractivity (Wildman–Crippen MR) is 171 cm³/mol. The summed E-state index contributed by atoms with van der Waals surface area (Å²) in [7, 11) is 1.59. The molecule has 0 aliphatic heterocycles. The standard InChI is InChI=1S/C35H26BrN3O3/c1-41-33-19-23(18-30(36)34(33)42-22-26-14-9-13-24-10-5-6-15-27(24)26)21-37-39-35(40)29-20-32(25-11-3-2-4-12-25)38-31-17-8-7-16-28(29)31/h2-21H,22H2,1H3,(H,39,40)/b37-21-. The summed E-state index contributed by atoms with van der Waals surface area (Å²) in [5.41, 5.74) is 7.35. The normalized spacial score (nSPS) is 11.2. The molecule has 1 heterocycles. The van der Waals surface area contributed by atoms with E-state index in [-0.39, 0.29) is 5.91 Å². The lowest BCUT2D eigenvalue weighted by atomic mass is 10.0. The van der Waals surface area contributed by atoms with Crippen molar-refractivity contribution in [2.45, 2.75) is 6.61 Å². The van der Waals surface area contributed by atoms with Crippen molar-refractivity contribution in [3.8, 4) is 22.8 Å².